The zero-order chi connectivity index (χ0) is 14.6. The summed E-state index contributed by atoms with van der Waals surface area (Å²) in [6, 6.07) is 8.07. The van der Waals surface area contributed by atoms with Crippen LogP contribution in [0.2, 0.25) is 0 Å². The molecule has 3 nitrogen and oxygen atoms in total. The lowest BCUT2D eigenvalue weighted by atomic mass is 9.66. The maximum atomic E-state index is 10.8. The highest BCUT2D eigenvalue weighted by Crippen LogP contribution is 2.46. The van der Waals surface area contributed by atoms with Gasteiger partial charge in [-0.15, -0.1) is 0 Å². The second-order valence-electron chi connectivity index (χ2n) is 6.33. The summed E-state index contributed by atoms with van der Waals surface area (Å²) in [5.74, 6) is 0.756. The maximum Gasteiger partial charge on any atom is 0.0858 e. The van der Waals surface area contributed by atoms with Crippen LogP contribution < -0.4 is 5.73 Å². The summed E-state index contributed by atoms with van der Waals surface area (Å²) in [7, 11) is 1.69. The summed E-state index contributed by atoms with van der Waals surface area (Å²) in [4.78, 5) is 0. The highest BCUT2D eigenvalue weighted by Gasteiger charge is 2.40. The van der Waals surface area contributed by atoms with Crippen LogP contribution in [0.5, 0.6) is 0 Å². The van der Waals surface area contributed by atoms with Gasteiger partial charge in [-0.1, -0.05) is 44.0 Å². The van der Waals surface area contributed by atoms with Gasteiger partial charge in [0.25, 0.3) is 0 Å². The van der Waals surface area contributed by atoms with Crippen LogP contribution in [0.4, 0.5) is 0 Å². The number of benzene rings is 1. The molecule has 1 aliphatic carbocycles. The number of rotatable bonds is 5. The van der Waals surface area contributed by atoms with E-state index in [9.17, 15) is 5.11 Å². The van der Waals surface area contributed by atoms with Gasteiger partial charge in [0.1, 0.15) is 0 Å². The van der Waals surface area contributed by atoms with Crippen molar-refractivity contribution in [2.45, 2.75) is 45.3 Å². The average Bonchev–Trinajstić information content (AvgIpc) is 2.49. The lowest BCUT2D eigenvalue weighted by Gasteiger charge is -2.42. The Balaban J connectivity index is 2.13. The smallest absolute Gasteiger partial charge is 0.0858 e. The van der Waals surface area contributed by atoms with Crippen LogP contribution in [-0.4, -0.2) is 18.8 Å². The highest BCUT2D eigenvalue weighted by molar-refractivity contribution is 5.25. The first-order chi connectivity index (χ1) is 9.61. The van der Waals surface area contributed by atoms with Crippen molar-refractivity contribution in [3.05, 3.63) is 35.4 Å². The SMILES string of the molecule is COCc1ccc(C(O)C2(CN)CCC(C)CC2)cc1. The molecule has 0 aliphatic heterocycles. The summed E-state index contributed by atoms with van der Waals surface area (Å²) in [6.07, 6.45) is 3.90. The molecule has 20 heavy (non-hydrogen) atoms. The van der Waals surface area contributed by atoms with Crippen LogP contribution in [0.1, 0.15) is 49.8 Å². The quantitative estimate of drug-likeness (QED) is 0.870. The minimum atomic E-state index is -0.461. The van der Waals surface area contributed by atoms with E-state index in [1.54, 1.807) is 7.11 Å². The molecule has 1 unspecified atom stereocenters. The van der Waals surface area contributed by atoms with Crippen molar-refractivity contribution in [3.8, 4) is 0 Å². The first kappa shape index (κ1) is 15.5. The molecule has 0 spiro atoms. The molecule has 0 amide bonds. The summed E-state index contributed by atoms with van der Waals surface area (Å²) >= 11 is 0. The van der Waals surface area contributed by atoms with Gasteiger partial charge < -0.3 is 15.6 Å². The summed E-state index contributed by atoms with van der Waals surface area (Å²) < 4.78 is 5.11. The second kappa shape index (κ2) is 6.70. The molecule has 0 saturated heterocycles. The minimum Gasteiger partial charge on any atom is -0.388 e. The van der Waals surface area contributed by atoms with Crippen molar-refractivity contribution < 1.29 is 9.84 Å². The van der Waals surface area contributed by atoms with Crippen LogP contribution in [-0.2, 0) is 11.3 Å². The average molecular weight is 277 g/mol. The van der Waals surface area contributed by atoms with Gasteiger partial charge >= 0.3 is 0 Å². The second-order valence-corrected chi connectivity index (χ2v) is 6.33. The molecule has 2 rings (SSSR count). The molecule has 0 radical (unpaired) electrons. The summed E-state index contributed by atoms with van der Waals surface area (Å²) in [6.45, 7) is 3.45. The fourth-order valence-corrected chi connectivity index (χ4v) is 3.24. The van der Waals surface area contributed by atoms with Crippen molar-refractivity contribution >= 4 is 0 Å². The Kier molecular flexibility index (Phi) is 5.19. The van der Waals surface area contributed by atoms with Gasteiger partial charge in [0.05, 0.1) is 12.7 Å². The molecule has 1 aliphatic rings. The Bertz CT molecular complexity index is 408. The topological polar surface area (TPSA) is 55.5 Å². The Morgan fingerprint density at radius 1 is 1.30 bits per heavy atom. The van der Waals surface area contributed by atoms with Crippen molar-refractivity contribution in [2.24, 2.45) is 17.1 Å². The van der Waals surface area contributed by atoms with Crippen LogP contribution >= 0.6 is 0 Å². The number of aliphatic hydroxyl groups is 1. The molecule has 1 saturated carbocycles. The number of hydrogen-bond acceptors (Lipinski definition) is 3. The van der Waals surface area contributed by atoms with E-state index < -0.39 is 6.10 Å². The predicted molar refractivity (Wildman–Crippen MR) is 81.2 cm³/mol. The molecule has 1 fully saturated rings. The third-order valence-corrected chi connectivity index (χ3v) is 4.86. The number of aliphatic hydroxyl groups excluding tert-OH is 1. The predicted octanol–water partition coefficient (Wildman–Crippen LogP) is 3.02. The van der Waals surface area contributed by atoms with Crippen molar-refractivity contribution in [2.75, 3.05) is 13.7 Å². The van der Waals surface area contributed by atoms with Crippen LogP contribution in [0.25, 0.3) is 0 Å². The van der Waals surface area contributed by atoms with Crippen LogP contribution in [0.3, 0.4) is 0 Å². The molecule has 0 heterocycles. The van der Waals surface area contributed by atoms with Crippen LogP contribution in [0.15, 0.2) is 24.3 Å². The van der Waals surface area contributed by atoms with Gasteiger partial charge in [-0.25, -0.2) is 0 Å². The fraction of sp³-hybridized carbons (Fsp3) is 0.647. The number of methoxy groups -OCH3 is 1. The molecule has 3 N–H and O–H groups in total. The van der Waals surface area contributed by atoms with Gasteiger partial charge in [-0.2, -0.15) is 0 Å². The normalized spacial score (nSPS) is 28.3. The molecular weight excluding hydrogens is 250 g/mol. The molecule has 0 bridgehead atoms. The lowest BCUT2D eigenvalue weighted by Crippen LogP contribution is -2.39. The van der Waals surface area contributed by atoms with E-state index in [1.165, 1.54) is 0 Å². The van der Waals surface area contributed by atoms with Gasteiger partial charge in [0.15, 0.2) is 0 Å². The van der Waals surface area contributed by atoms with Gasteiger partial charge in [-0.3, -0.25) is 0 Å². The van der Waals surface area contributed by atoms with E-state index in [4.69, 9.17) is 10.5 Å². The number of hydrogen-bond donors (Lipinski definition) is 2. The first-order valence-electron chi connectivity index (χ1n) is 7.57. The molecule has 3 heteroatoms. The molecule has 1 aromatic rings. The Morgan fingerprint density at radius 2 is 1.90 bits per heavy atom. The minimum absolute atomic E-state index is 0.144. The van der Waals surface area contributed by atoms with E-state index in [-0.39, 0.29) is 5.41 Å². The van der Waals surface area contributed by atoms with E-state index in [0.29, 0.717) is 13.2 Å². The lowest BCUT2D eigenvalue weighted by molar-refractivity contribution is -0.00820. The molecular formula is C17H27NO2. The number of nitrogens with two attached hydrogens (primary N) is 1. The highest BCUT2D eigenvalue weighted by atomic mass is 16.5. The van der Waals surface area contributed by atoms with E-state index >= 15 is 0 Å². The Hall–Kier alpha value is -0.900. The third kappa shape index (κ3) is 3.22. The van der Waals surface area contributed by atoms with Gasteiger partial charge in [0.2, 0.25) is 0 Å². The van der Waals surface area contributed by atoms with Crippen molar-refractivity contribution in [3.63, 3.8) is 0 Å². The van der Waals surface area contributed by atoms with E-state index in [1.807, 2.05) is 24.3 Å². The fourth-order valence-electron chi connectivity index (χ4n) is 3.24. The van der Waals surface area contributed by atoms with Crippen LogP contribution in [0, 0.1) is 11.3 Å². The van der Waals surface area contributed by atoms with Gasteiger partial charge in [-0.05, 0) is 29.9 Å². The molecule has 1 aromatic carbocycles. The Labute approximate surface area is 122 Å². The largest absolute Gasteiger partial charge is 0.388 e. The van der Waals surface area contributed by atoms with Gasteiger partial charge in [0, 0.05) is 19.1 Å². The molecule has 112 valence electrons. The molecule has 0 aromatic heterocycles. The molecule has 1 atom stereocenters. The third-order valence-electron chi connectivity index (χ3n) is 4.86. The van der Waals surface area contributed by atoms with Crippen molar-refractivity contribution in [1.82, 2.24) is 0 Å². The number of ether oxygens (including phenoxy) is 1. The zero-order valence-electron chi connectivity index (χ0n) is 12.6. The zero-order valence-corrected chi connectivity index (χ0v) is 12.6. The van der Waals surface area contributed by atoms with Crippen molar-refractivity contribution in [1.29, 1.82) is 0 Å². The maximum absolute atomic E-state index is 10.8. The summed E-state index contributed by atoms with van der Waals surface area (Å²) in [5, 5.41) is 10.8. The first-order valence-corrected chi connectivity index (χ1v) is 7.57. The monoisotopic (exact) mass is 277 g/mol. The van der Waals surface area contributed by atoms with E-state index in [0.717, 1.165) is 42.7 Å². The summed E-state index contributed by atoms with van der Waals surface area (Å²) in [5.41, 5.74) is 7.98. The standard InChI is InChI=1S/C17H27NO2/c1-13-7-9-17(12-18,10-8-13)16(19)15-5-3-14(4-6-15)11-20-2/h3-6,13,16,19H,7-12,18H2,1-2H3. The Morgan fingerprint density at radius 3 is 2.40 bits per heavy atom. The van der Waals surface area contributed by atoms with E-state index in [2.05, 4.69) is 6.92 Å².